The van der Waals surface area contributed by atoms with Crippen LogP contribution < -0.4 is 4.72 Å². The lowest BCUT2D eigenvalue weighted by Crippen LogP contribution is -1.90. The monoisotopic (exact) mass is 334 g/mol. The van der Waals surface area contributed by atoms with Crippen molar-refractivity contribution in [2.75, 3.05) is 4.72 Å². The lowest BCUT2D eigenvalue weighted by Gasteiger charge is -2.10. The number of hydrogen-bond donors (Lipinski definition) is 1. The second-order valence-corrected chi connectivity index (χ2v) is 6.41. The first kappa shape index (κ1) is 14.5. The molecule has 106 valence electrons. The van der Waals surface area contributed by atoms with Crippen molar-refractivity contribution < 1.29 is 0 Å². The van der Waals surface area contributed by atoms with E-state index in [9.17, 15) is 0 Å². The maximum Gasteiger partial charge on any atom is 0.0523 e. The van der Waals surface area contributed by atoms with E-state index in [2.05, 4.69) is 15.8 Å². The number of hydrogen-bond acceptors (Lipinski definition) is 3. The van der Waals surface area contributed by atoms with Gasteiger partial charge in [0, 0.05) is 37.6 Å². The Morgan fingerprint density at radius 1 is 1.05 bits per heavy atom. The molecule has 0 radical (unpaired) electrons. The van der Waals surface area contributed by atoms with Crippen molar-refractivity contribution in [3.63, 3.8) is 0 Å². The lowest BCUT2D eigenvalue weighted by atomic mass is 10.1. The third-order valence-corrected chi connectivity index (χ3v) is 4.25. The molecule has 0 fully saturated rings. The van der Waals surface area contributed by atoms with Crippen LogP contribution in [0, 0.1) is 6.92 Å². The minimum atomic E-state index is 0.629. The summed E-state index contributed by atoms with van der Waals surface area (Å²) < 4.78 is 3.36. The van der Waals surface area contributed by atoms with E-state index >= 15 is 0 Å². The number of aromatic nitrogens is 1. The van der Waals surface area contributed by atoms with Crippen molar-refractivity contribution in [2.24, 2.45) is 0 Å². The van der Waals surface area contributed by atoms with Gasteiger partial charge in [0.2, 0.25) is 0 Å². The summed E-state index contributed by atoms with van der Waals surface area (Å²) in [6.07, 6.45) is 1.89. The third kappa shape index (κ3) is 3.43. The standard InChI is InChI=1S/C16H12Cl2N2S/c1-10-5-15-11(9-19-10)3-2-4-16(15)20-21-14-7-12(17)6-13(18)8-14/h2-9,20H,1H3. The zero-order chi connectivity index (χ0) is 14.8. The van der Waals surface area contributed by atoms with Crippen molar-refractivity contribution >= 4 is 51.6 Å². The molecule has 0 bridgehead atoms. The summed E-state index contributed by atoms with van der Waals surface area (Å²) in [6.45, 7) is 1.99. The Kier molecular flexibility index (Phi) is 4.24. The van der Waals surface area contributed by atoms with E-state index in [0.717, 1.165) is 27.0 Å². The summed E-state index contributed by atoms with van der Waals surface area (Å²) in [7, 11) is 0. The van der Waals surface area contributed by atoms with Crippen molar-refractivity contribution in [1.29, 1.82) is 0 Å². The van der Waals surface area contributed by atoms with Gasteiger partial charge < -0.3 is 4.72 Å². The third-order valence-electron chi connectivity index (χ3n) is 3.02. The van der Waals surface area contributed by atoms with E-state index in [1.165, 1.54) is 11.9 Å². The number of anilines is 1. The number of nitrogens with zero attached hydrogens (tertiary/aromatic N) is 1. The van der Waals surface area contributed by atoms with E-state index in [1.54, 1.807) is 6.07 Å². The van der Waals surface area contributed by atoms with Crippen LogP contribution in [0.15, 0.2) is 53.6 Å². The summed E-state index contributed by atoms with van der Waals surface area (Å²) >= 11 is 13.5. The van der Waals surface area contributed by atoms with Crippen LogP contribution in [0.25, 0.3) is 10.8 Å². The average Bonchev–Trinajstić information content (AvgIpc) is 2.44. The smallest absolute Gasteiger partial charge is 0.0523 e. The molecule has 0 amide bonds. The number of halogens is 2. The van der Waals surface area contributed by atoms with E-state index in [0.29, 0.717) is 10.0 Å². The fourth-order valence-electron chi connectivity index (χ4n) is 2.06. The van der Waals surface area contributed by atoms with Gasteiger partial charge >= 0.3 is 0 Å². The molecule has 0 aliphatic rings. The van der Waals surface area contributed by atoms with E-state index in [1.807, 2.05) is 43.5 Å². The highest BCUT2D eigenvalue weighted by molar-refractivity contribution is 8.00. The number of fused-ring (bicyclic) bond motifs is 1. The molecule has 2 nitrogen and oxygen atoms in total. The van der Waals surface area contributed by atoms with Crippen LogP contribution in [0.2, 0.25) is 10.0 Å². The Morgan fingerprint density at radius 2 is 1.81 bits per heavy atom. The highest BCUT2D eigenvalue weighted by atomic mass is 35.5. The van der Waals surface area contributed by atoms with Gasteiger partial charge in [-0.3, -0.25) is 4.98 Å². The predicted molar refractivity (Wildman–Crippen MR) is 92.4 cm³/mol. The Labute approximate surface area is 137 Å². The second kappa shape index (κ2) is 6.14. The number of nitrogens with one attached hydrogen (secondary N) is 1. The molecular weight excluding hydrogens is 323 g/mol. The van der Waals surface area contributed by atoms with Gasteiger partial charge in [0.05, 0.1) is 5.69 Å². The van der Waals surface area contributed by atoms with Crippen molar-refractivity contribution in [1.82, 2.24) is 4.98 Å². The molecule has 21 heavy (non-hydrogen) atoms. The van der Waals surface area contributed by atoms with Gasteiger partial charge in [0.15, 0.2) is 0 Å². The molecule has 1 heterocycles. The van der Waals surface area contributed by atoms with Gasteiger partial charge in [0.25, 0.3) is 0 Å². The Morgan fingerprint density at radius 3 is 2.57 bits per heavy atom. The van der Waals surface area contributed by atoms with Crippen LogP contribution in [0.3, 0.4) is 0 Å². The highest BCUT2D eigenvalue weighted by Gasteiger charge is 2.04. The summed E-state index contributed by atoms with van der Waals surface area (Å²) in [4.78, 5) is 5.29. The molecule has 0 aliphatic carbocycles. The van der Waals surface area contributed by atoms with Gasteiger partial charge in [-0.15, -0.1) is 0 Å². The maximum atomic E-state index is 6.01. The maximum absolute atomic E-state index is 6.01. The van der Waals surface area contributed by atoms with E-state index < -0.39 is 0 Å². The molecule has 0 saturated carbocycles. The summed E-state index contributed by atoms with van der Waals surface area (Å²) in [5.74, 6) is 0. The molecule has 1 N–H and O–H groups in total. The largest absolute Gasteiger partial charge is 0.325 e. The molecule has 0 unspecified atom stereocenters. The van der Waals surface area contributed by atoms with Crippen molar-refractivity contribution in [3.05, 3.63) is 64.4 Å². The van der Waals surface area contributed by atoms with Crippen LogP contribution in [-0.2, 0) is 0 Å². The normalized spacial score (nSPS) is 10.8. The SMILES string of the molecule is Cc1cc2c(NSc3cc(Cl)cc(Cl)c3)cccc2cn1. The Bertz CT molecular complexity index is 785. The van der Waals surface area contributed by atoms with Gasteiger partial charge in [-0.2, -0.15) is 0 Å². The molecule has 5 heteroatoms. The number of aryl methyl sites for hydroxylation is 1. The minimum Gasteiger partial charge on any atom is -0.325 e. The molecule has 1 aromatic heterocycles. The molecule has 3 rings (SSSR count). The summed E-state index contributed by atoms with van der Waals surface area (Å²) in [5.41, 5.74) is 2.03. The zero-order valence-corrected chi connectivity index (χ0v) is 13.6. The van der Waals surface area contributed by atoms with Crippen LogP contribution in [0.4, 0.5) is 5.69 Å². The molecule has 2 aromatic carbocycles. The fourth-order valence-corrected chi connectivity index (χ4v) is 3.50. The van der Waals surface area contributed by atoms with Crippen LogP contribution in [0.5, 0.6) is 0 Å². The quantitative estimate of drug-likeness (QED) is 0.597. The number of pyridine rings is 1. The van der Waals surface area contributed by atoms with Crippen molar-refractivity contribution in [2.45, 2.75) is 11.8 Å². The first-order valence-electron chi connectivity index (χ1n) is 6.36. The highest BCUT2D eigenvalue weighted by Crippen LogP contribution is 2.30. The van der Waals surface area contributed by atoms with Gasteiger partial charge in [-0.1, -0.05) is 35.3 Å². The summed E-state index contributed by atoms with van der Waals surface area (Å²) in [5, 5.41) is 3.51. The molecular formula is C16H12Cl2N2S. The van der Waals surface area contributed by atoms with Gasteiger partial charge in [-0.05, 0) is 49.2 Å². The lowest BCUT2D eigenvalue weighted by molar-refractivity contribution is 1.22. The first-order valence-corrected chi connectivity index (χ1v) is 7.93. The van der Waals surface area contributed by atoms with E-state index in [-0.39, 0.29) is 0 Å². The van der Waals surface area contributed by atoms with Crippen molar-refractivity contribution in [3.8, 4) is 0 Å². The second-order valence-electron chi connectivity index (χ2n) is 4.66. The predicted octanol–water partition coefficient (Wildman–Crippen LogP) is 5.97. The topological polar surface area (TPSA) is 24.9 Å². The summed E-state index contributed by atoms with van der Waals surface area (Å²) in [6, 6.07) is 13.7. The molecule has 0 aliphatic heterocycles. The molecule has 0 atom stereocenters. The molecule has 0 spiro atoms. The minimum absolute atomic E-state index is 0.629. The van der Waals surface area contributed by atoms with Crippen LogP contribution in [-0.4, -0.2) is 4.98 Å². The van der Waals surface area contributed by atoms with Gasteiger partial charge in [-0.25, -0.2) is 0 Å². The molecule has 3 aromatic rings. The fraction of sp³-hybridized carbons (Fsp3) is 0.0625. The van der Waals surface area contributed by atoms with Gasteiger partial charge in [0.1, 0.15) is 0 Å². The number of benzene rings is 2. The Hall–Kier alpha value is -1.42. The average molecular weight is 335 g/mol. The van der Waals surface area contributed by atoms with E-state index in [4.69, 9.17) is 23.2 Å². The zero-order valence-electron chi connectivity index (χ0n) is 11.2. The molecule has 0 saturated heterocycles. The first-order chi connectivity index (χ1) is 10.1. The number of rotatable bonds is 3. The van der Waals surface area contributed by atoms with Crippen LogP contribution >= 0.6 is 35.1 Å². The van der Waals surface area contributed by atoms with Crippen LogP contribution in [0.1, 0.15) is 5.69 Å². The Balaban J connectivity index is 1.89.